The maximum absolute atomic E-state index is 12.6. The first-order chi connectivity index (χ1) is 9.79. The summed E-state index contributed by atoms with van der Waals surface area (Å²) in [5.41, 5.74) is 0. The molecule has 0 unspecified atom stereocenters. The number of carboxylic acids is 1. The minimum atomic E-state index is -4.59. The molecule has 2 amide bonds. The molecule has 1 aromatic heterocycles. The summed E-state index contributed by atoms with van der Waals surface area (Å²) in [6.45, 7) is -0.163. The van der Waals surface area contributed by atoms with Gasteiger partial charge in [0.2, 0.25) is 5.82 Å². The van der Waals surface area contributed by atoms with E-state index in [-0.39, 0.29) is 38.4 Å². The first kappa shape index (κ1) is 15.1. The lowest BCUT2D eigenvalue weighted by molar-refractivity contribution is -0.147. The van der Waals surface area contributed by atoms with Gasteiger partial charge in [0.1, 0.15) is 0 Å². The van der Waals surface area contributed by atoms with E-state index < -0.39 is 24.0 Å². The summed E-state index contributed by atoms with van der Waals surface area (Å²) < 4.78 is 38.8. The Balaban J connectivity index is 1.99. The number of rotatable bonds is 3. The molecule has 0 bridgehead atoms. The largest absolute Gasteiger partial charge is 0.481 e. The second kappa shape index (κ2) is 5.58. The molecule has 21 heavy (non-hydrogen) atoms. The number of alkyl halides is 3. The van der Waals surface area contributed by atoms with E-state index in [1.54, 1.807) is 0 Å². The van der Waals surface area contributed by atoms with E-state index in [4.69, 9.17) is 5.11 Å². The Morgan fingerprint density at radius 3 is 2.62 bits per heavy atom. The van der Waals surface area contributed by atoms with Crippen molar-refractivity contribution in [1.29, 1.82) is 0 Å². The van der Waals surface area contributed by atoms with E-state index in [1.807, 2.05) is 0 Å². The number of amides is 2. The highest BCUT2D eigenvalue weighted by atomic mass is 19.4. The molecule has 0 aromatic carbocycles. The quantitative estimate of drug-likeness (QED) is 0.836. The van der Waals surface area contributed by atoms with E-state index in [0.717, 1.165) is 4.57 Å². The van der Waals surface area contributed by atoms with Crippen LogP contribution in [0.4, 0.5) is 18.0 Å². The summed E-state index contributed by atoms with van der Waals surface area (Å²) in [6.07, 6.45) is -4.81. The third-order valence-corrected chi connectivity index (χ3v) is 2.91. The molecule has 0 radical (unpaired) electrons. The highest BCUT2D eigenvalue weighted by Crippen LogP contribution is 2.29. The Morgan fingerprint density at radius 2 is 2.00 bits per heavy atom. The predicted octanol–water partition coefficient (Wildman–Crippen LogP) is 0.297. The third-order valence-electron chi connectivity index (χ3n) is 2.91. The van der Waals surface area contributed by atoms with Gasteiger partial charge in [-0.05, 0) is 0 Å². The van der Waals surface area contributed by atoms with Crippen LogP contribution in [0, 0.1) is 0 Å². The van der Waals surface area contributed by atoms with Gasteiger partial charge in [-0.2, -0.15) is 13.2 Å². The molecule has 0 spiro atoms. The predicted molar refractivity (Wildman–Crippen MR) is 61.1 cm³/mol. The number of carboxylic acid groups (broad SMARTS) is 1. The number of halogens is 3. The van der Waals surface area contributed by atoms with Gasteiger partial charge in [-0.1, -0.05) is 0 Å². The van der Waals surface area contributed by atoms with Crippen molar-refractivity contribution in [2.24, 2.45) is 0 Å². The zero-order valence-corrected chi connectivity index (χ0v) is 10.7. The number of nitrogens with zero attached hydrogens (tertiary/aromatic N) is 4. The van der Waals surface area contributed by atoms with Crippen molar-refractivity contribution in [3.05, 3.63) is 11.6 Å². The molecule has 0 saturated heterocycles. The molecule has 116 valence electrons. The Bertz CT molecular complexity index is 557. The first-order valence-corrected chi connectivity index (χ1v) is 6.03. The zero-order chi connectivity index (χ0) is 15.6. The fourth-order valence-electron chi connectivity index (χ4n) is 1.93. The highest BCUT2D eigenvalue weighted by molar-refractivity contribution is 5.75. The molecule has 2 rings (SSSR count). The number of fused-ring (bicyclic) bond motifs is 1. The fraction of sp³-hybridized carbons (Fsp3) is 0.600. The van der Waals surface area contributed by atoms with Gasteiger partial charge in [-0.25, -0.2) is 4.79 Å². The van der Waals surface area contributed by atoms with Crippen molar-refractivity contribution in [3.63, 3.8) is 0 Å². The lowest BCUT2D eigenvalue weighted by atomic mass is 10.3. The van der Waals surface area contributed by atoms with Gasteiger partial charge in [-0.3, -0.25) is 4.79 Å². The van der Waals surface area contributed by atoms with Crippen LogP contribution in [0.1, 0.15) is 18.1 Å². The van der Waals surface area contributed by atoms with Crippen LogP contribution in [-0.2, 0) is 24.1 Å². The van der Waals surface area contributed by atoms with Crippen LogP contribution >= 0.6 is 0 Å². The van der Waals surface area contributed by atoms with Crippen LogP contribution in [0.25, 0.3) is 0 Å². The average Bonchev–Trinajstić information content (AvgIpc) is 2.80. The molecule has 0 aliphatic carbocycles. The van der Waals surface area contributed by atoms with Crippen LogP contribution in [-0.4, -0.2) is 49.9 Å². The molecule has 2 N–H and O–H groups in total. The number of hydrogen-bond donors (Lipinski definition) is 2. The standard InChI is InChI=1S/C10H12F3N5O3/c11-10(12,13)8-16-15-6-5-17(3-4-18(6)8)9(21)14-2-1-7(19)20/h1-5H2,(H,14,21)(H,19,20). The van der Waals surface area contributed by atoms with Crippen LogP contribution in [0.5, 0.6) is 0 Å². The monoisotopic (exact) mass is 307 g/mol. The van der Waals surface area contributed by atoms with Gasteiger partial charge >= 0.3 is 18.2 Å². The molecule has 0 saturated carbocycles. The van der Waals surface area contributed by atoms with Crippen molar-refractivity contribution >= 4 is 12.0 Å². The second-order valence-corrected chi connectivity index (χ2v) is 4.39. The summed E-state index contributed by atoms with van der Waals surface area (Å²) in [5, 5.41) is 17.4. The molecular weight excluding hydrogens is 295 g/mol. The highest BCUT2D eigenvalue weighted by Gasteiger charge is 2.39. The van der Waals surface area contributed by atoms with Crippen molar-refractivity contribution in [3.8, 4) is 0 Å². The Labute approximate surface area is 116 Å². The summed E-state index contributed by atoms with van der Waals surface area (Å²) in [6, 6.07) is -0.543. The second-order valence-electron chi connectivity index (χ2n) is 4.39. The summed E-state index contributed by atoms with van der Waals surface area (Å²) in [7, 11) is 0. The molecule has 0 atom stereocenters. The molecule has 1 aliphatic rings. The van der Waals surface area contributed by atoms with Gasteiger partial charge in [0.15, 0.2) is 5.82 Å². The maximum Gasteiger partial charge on any atom is 0.451 e. The molecule has 2 heterocycles. The number of aliphatic carboxylic acids is 1. The lowest BCUT2D eigenvalue weighted by Gasteiger charge is -2.28. The molecule has 1 aliphatic heterocycles. The van der Waals surface area contributed by atoms with E-state index in [1.165, 1.54) is 4.90 Å². The number of hydrogen-bond acceptors (Lipinski definition) is 4. The van der Waals surface area contributed by atoms with Crippen LogP contribution in [0.2, 0.25) is 0 Å². The number of carbonyl (C=O) groups excluding carboxylic acids is 1. The van der Waals surface area contributed by atoms with Crippen LogP contribution < -0.4 is 5.32 Å². The summed E-state index contributed by atoms with van der Waals surface area (Å²) in [5.74, 6) is -2.09. The molecule has 11 heteroatoms. The number of carbonyl (C=O) groups is 2. The van der Waals surface area contributed by atoms with Crippen molar-refractivity contribution < 1.29 is 27.9 Å². The zero-order valence-electron chi connectivity index (χ0n) is 10.7. The molecule has 1 aromatic rings. The van der Waals surface area contributed by atoms with Crippen molar-refractivity contribution in [2.75, 3.05) is 13.1 Å². The minimum Gasteiger partial charge on any atom is -0.481 e. The minimum absolute atomic E-state index is 0.0435. The number of nitrogens with one attached hydrogen (secondary N) is 1. The van der Waals surface area contributed by atoms with Gasteiger partial charge in [0.05, 0.1) is 13.0 Å². The maximum atomic E-state index is 12.6. The normalized spacial score (nSPS) is 14.7. The lowest BCUT2D eigenvalue weighted by Crippen LogP contribution is -2.45. The summed E-state index contributed by atoms with van der Waals surface area (Å²) in [4.78, 5) is 23.3. The van der Waals surface area contributed by atoms with E-state index in [2.05, 4.69) is 15.5 Å². The Hall–Kier alpha value is -2.33. The van der Waals surface area contributed by atoms with E-state index in [9.17, 15) is 22.8 Å². The van der Waals surface area contributed by atoms with Crippen molar-refractivity contribution in [2.45, 2.75) is 25.7 Å². The van der Waals surface area contributed by atoms with Gasteiger partial charge in [0, 0.05) is 19.6 Å². The average molecular weight is 307 g/mol. The molecular formula is C10H12F3N5O3. The van der Waals surface area contributed by atoms with Crippen LogP contribution in [0.15, 0.2) is 0 Å². The Morgan fingerprint density at radius 1 is 1.29 bits per heavy atom. The summed E-state index contributed by atoms with van der Waals surface area (Å²) >= 11 is 0. The van der Waals surface area contributed by atoms with E-state index in [0.29, 0.717) is 0 Å². The SMILES string of the molecule is O=C(O)CCNC(=O)N1CCn2c(nnc2C(F)(F)F)C1. The number of aromatic nitrogens is 3. The van der Waals surface area contributed by atoms with Crippen LogP contribution in [0.3, 0.4) is 0 Å². The van der Waals surface area contributed by atoms with E-state index >= 15 is 0 Å². The fourth-order valence-corrected chi connectivity index (χ4v) is 1.93. The van der Waals surface area contributed by atoms with Gasteiger partial charge < -0.3 is 19.9 Å². The topological polar surface area (TPSA) is 100 Å². The Kier molecular flexibility index (Phi) is 4.00. The molecule has 0 fully saturated rings. The molecule has 8 nitrogen and oxygen atoms in total. The smallest absolute Gasteiger partial charge is 0.451 e. The van der Waals surface area contributed by atoms with Crippen molar-refractivity contribution in [1.82, 2.24) is 25.0 Å². The first-order valence-electron chi connectivity index (χ1n) is 6.03. The van der Waals surface area contributed by atoms with Gasteiger partial charge in [-0.15, -0.1) is 10.2 Å². The van der Waals surface area contributed by atoms with Gasteiger partial charge in [0.25, 0.3) is 0 Å². The third kappa shape index (κ3) is 3.41. The number of urea groups is 1.